The van der Waals surface area contributed by atoms with E-state index < -0.39 is 0 Å². The van der Waals surface area contributed by atoms with E-state index in [0.29, 0.717) is 0 Å². The molecule has 3 heterocycles. The van der Waals surface area contributed by atoms with Gasteiger partial charge in [0.1, 0.15) is 12.1 Å². The molecule has 0 atom stereocenters. The van der Waals surface area contributed by atoms with Crippen LogP contribution < -0.4 is 5.32 Å². The minimum atomic E-state index is 0.818. The molecule has 0 aliphatic rings. The van der Waals surface area contributed by atoms with Crippen LogP contribution in [0.15, 0.2) is 54.3 Å². The monoisotopic (exact) mass is 335 g/mol. The Labute approximate surface area is 144 Å². The van der Waals surface area contributed by atoms with Gasteiger partial charge in [-0.3, -0.25) is 0 Å². The molecule has 1 N–H and O–H groups in total. The van der Waals surface area contributed by atoms with Gasteiger partial charge in [0.15, 0.2) is 5.65 Å². The molecule has 0 aliphatic carbocycles. The van der Waals surface area contributed by atoms with E-state index in [2.05, 4.69) is 50.9 Å². The quantitative estimate of drug-likeness (QED) is 0.602. The Balaban J connectivity index is 1.63. The minimum absolute atomic E-state index is 0.818. The van der Waals surface area contributed by atoms with Crippen molar-refractivity contribution in [3.05, 3.63) is 64.7 Å². The summed E-state index contributed by atoms with van der Waals surface area (Å²) in [7, 11) is 0. The van der Waals surface area contributed by atoms with Gasteiger partial charge in [0.2, 0.25) is 0 Å². The summed E-state index contributed by atoms with van der Waals surface area (Å²) in [5.74, 6) is 0.830. The van der Waals surface area contributed by atoms with Gasteiger partial charge in [-0.25, -0.2) is 14.6 Å². The van der Waals surface area contributed by atoms with Crippen molar-refractivity contribution < 1.29 is 0 Å². The predicted octanol–water partition coefficient (Wildman–Crippen LogP) is 3.84. The number of benzene rings is 1. The largest absolute Gasteiger partial charge is 0.369 e. The van der Waals surface area contributed by atoms with E-state index in [-0.39, 0.29) is 0 Å². The third-order valence-corrected chi connectivity index (χ3v) is 4.89. The maximum atomic E-state index is 4.52. The third-order valence-electron chi connectivity index (χ3n) is 3.95. The maximum Gasteiger partial charge on any atom is 0.168 e. The first-order chi connectivity index (χ1) is 11.8. The molecule has 0 fully saturated rings. The van der Waals surface area contributed by atoms with E-state index in [1.54, 1.807) is 17.7 Å². The molecule has 24 heavy (non-hydrogen) atoms. The second kappa shape index (κ2) is 6.41. The van der Waals surface area contributed by atoms with E-state index >= 15 is 0 Å². The fourth-order valence-electron chi connectivity index (χ4n) is 2.72. The summed E-state index contributed by atoms with van der Waals surface area (Å²) in [4.78, 5) is 10.2. The average molecular weight is 335 g/mol. The lowest BCUT2D eigenvalue weighted by molar-refractivity contribution is 0.887. The summed E-state index contributed by atoms with van der Waals surface area (Å²) < 4.78 is 1.87. The van der Waals surface area contributed by atoms with Crippen molar-refractivity contribution in [1.29, 1.82) is 0 Å². The first-order valence-corrected chi connectivity index (χ1v) is 8.72. The molecule has 0 saturated heterocycles. The van der Waals surface area contributed by atoms with Crippen LogP contribution in [0.3, 0.4) is 0 Å². The molecular weight excluding hydrogens is 318 g/mol. The molecule has 0 radical (unpaired) electrons. The highest BCUT2D eigenvalue weighted by molar-refractivity contribution is 7.09. The normalized spacial score (nSPS) is 11.0. The van der Waals surface area contributed by atoms with Crippen molar-refractivity contribution in [3.8, 4) is 5.69 Å². The minimum Gasteiger partial charge on any atom is -0.369 e. The molecule has 0 amide bonds. The van der Waals surface area contributed by atoms with Crippen LogP contribution in [0.1, 0.15) is 10.4 Å². The number of para-hydroxylation sites is 1. The summed E-state index contributed by atoms with van der Waals surface area (Å²) in [6.07, 6.45) is 4.40. The summed E-state index contributed by atoms with van der Waals surface area (Å²) in [5, 5.41) is 11.0. The molecule has 0 saturated carbocycles. The SMILES string of the molecule is Cc1ccccc1-n1ncc2c(NCCc3cccs3)ncnc21. The number of hydrogen-bond acceptors (Lipinski definition) is 5. The number of fused-ring (bicyclic) bond motifs is 1. The van der Waals surface area contributed by atoms with Crippen LogP contribution in [0, 0.1) is 6.92 Å². The van der Waals surface area contributed by atoms with E-state index in [1.165, 1.54) is 4.88 Å². The molecular formula is C18H17N5S. The smallest absolute Gasteiger partial charge is 0.168 e. The first-order valence-electron chi connectivity index (χ1n) is 7.84. The molecule has 0 spiro atoms. The summed E-state index contributed by atoms with van der Waals surface area (Å²) in [6.45, 7) is 2.91. The van der Waals surface area contributed by atoms with Gasteiger partial charge in [0.05, 0.1) is 17.3 Å². The number of hydrogen-bond donors (Lipinski definition) is 1. The molecule has 4 aromatic rings. The lowest BCUT2D eigenvalue weighted by Gasteiger charge is -2.08. The Morgan fingerprint density at radius 3 is 2.88 bits per heavy atom. The number of nitrogens with one attached hydrogen (secondary N) is 1. The zero-order valence-electron chi connectivity index (χ0n) is 13.3. The second-order valence-electron chi connectivity index (χ2n) is 5.56. The van der Waals surface area contributed by atoms with Gasteiger partial charge in [-0.1, -0.05) is 24.3 Å². The van der Waals surface area contributed by atoms with Gasteiger partial charge in [-0.05, 0) is 36.4 Å². The zero-order chi connectivity index (χ0) is 16.4. The third kappa shape index (κ3) is 2.76. The van der Waals surface area contributed by atoms with Crippen molar-refractivity contribution >= 4 is 28.2 Å². The van der Waals surface area contributed by atoms with Gasteiger partial charge < -0.3 is 5.32 Å². The highest BCUT2D eigenvalue weighted by Crippen LogP contribution is 2.23. The van der Waals surface area contributed by atoms with Gasteiger partial charge in [-0.15, -0.1) is 11.3 Å². The van der Waals surface area contributed by atoms with Gasteiger partial charge in [0.25, 0.3) is 0 Å². The summed E-state index contributed by atoms with van der Waals surface area (Å²) >= 11 is 1.78. The van der Waals surface area contributed by atoms with Gasteiger partial charge in [-0.2, -0.15) is 5.10 Å². The molecule has 0 unspecified atom stereocenters. The first kappa shape index (κ1) is 14.8. The van der Waals surface area contributed by atoms with Crippen molar-refractivity contribution in [1.82, 2.24) is 19.7 Å². The number of thiophene rings is 1. The van der Waals surface area contributed by atoms with Crippen LogP contribution in [0.25, 0.3) is 16.7 Å². The van der Waals surface area contributed by atoms with Crippen molar-refractivity contribution in [2.75, 3.05) is 11.9 Å². The van der Waals surface area contributed by atoms with Crippen LogP contribution in [0.4, 0.5) is 5.82 Å². The number of nitrogens with zero attached hydrogens (tertiary/aromatic N) is 4. The standard InChI is InChI=1S/C18H17N5S/c1-13-5-2-3-7-16(13)23-18-15(11-22-23)17(20-12-21-18)19-9-8-14-6-4-10-24-14/h2-7,10-12H,8-9H2,1H3,(H,19,20,21). The topological polar surface area (TPSA) is 55.6 Å². The number of rotatable bonds is 5. The summed E-state index contributed by atoms with van der Waals surface area (Å²) in [6, 6.07) is 12.4. The van der Waals surface area contributed by atoms with E-state index in [9.17, 15) is 0 Å². The molecule has 0 aliphatic heterocycles. The van der Waals surface area contributed by atoms with Crippen LogP contribution >= 0.6 is 11.3 Å². The second-order valence-corrected chi connectivity index (χ2v) is 6.59. The lowest BCUT2D eigenvalue weighted by Crippen LogP contribution is -2.06. The van der Waals surface area contributed by atoms with Crippen LogP contribution in [0.5, 0.6) is 0 Å². The van der Waals surface area contributed by atoms with Crippen LogP contribution in [0.2, 0.25) is 0 Å². The molecule has 1 aromatic carbocycles. The van der Waals surface area contributed by atoms with Crippen LogP contribution in [-0.4, -0.2) is 26.3 Å². The van der Waals surface area contributed by atoms with Gasteiger partial charge >= 0.3 is 0 Å². The van der Waals surface area contributed by atoms with Crippen molar-refractivity contribution in [2.24, 2.45) is 0 Å². The summed E-state index contributed by atoms with van der Waals surface area (Å²) in [5.41, 5.74) is 3.02. The Morgan fingerprint density at radius 2 is 2.04 bits per heavy atom. The van der Waals surface area contributed by atoms with E-state index in [4.69, 9.17) is 0 Å². The fourth-order valence-corrected chi connectivity index (χ4v) is 3.43. The highest BCUT2D eigenvalue weighted by Gasteiger charge is 2.12. The Bertz CT molecular complexity index is 959. The maximum absolute atomic E-state index is 4.52. The molecule has 6 heteroatoms. The fraction of sp³-hybridized carbons (Fsp3) is 0.167. The molecule has 120 valence electrons. The molecule has 5 nitrogen and oxygen atoms in total. The number of aromatic nitrogens is 4. The Morgan fingerprint density at radius 1 is 1.12 bits per heavy atom. The lowest BCUT2D eigenvalue weighted by atomic mass is 10.2. The Kier molecular flexibility index (Phi) is 3.96. The Hall–Kier alpha value is -2.73. The van der Waals surface area contributed by atoms with Crippen molar-refractivity contribution in [2.45, 2.75) is 13.3 Å². The number of anilines is 1. The zero-order valence-corrected chi connectivity index (χ0v) is 14.1. The molecule has 0 bridgehead atoms. The highest BCUT2D eigenvalue weighted by atomic mass is 32.1. The van der Waals surface area contributed by atoms with E-state index in [1.807, 2.05) is 29.1 Å². The molecule has 4 rings (SSSR count). The van der Waals surface area contributed by atoms with Crippen molar-refractivity contribution in [3.63, 3.8) is 0 Å². The average Bonchev–Trinajstić information content (AvgIpc) is 3.25. The predicted molar refractivity (Wildman–Crippen MR) is 97.9 cm³/mol. The molecule has 3 aromatic heterocycles. The van der Waals surface area contributed by atoms with Crippen LogP contribution in [-0.2, 0) is 6.42 Å². The number of aryl methyl sites for hydroxylation is 1. The van der Waals surface area contributed by atoms with Gasteiger partial charge in [0, 0.05) is 11.4 Å². The van der Waals surface area contributed by atoms with E-state index in [0.717, 1.165) is 41.1 Å².